The van der Waals surface area contributed by atoms with Crippen molar-refractivity contribution in [1.29, 1.82) is 5.26 Å². The minimum Gasteiger partial charge on any atom is -0.503 e. The van der Waals surface area contributed by atoms with E-state index in [-0.39, 0.29) is 61.9 Å². The summed E-state index contributed by atoms with van der Waals surface area (Å²) in [4.78, 5) is 70.5. The summed E-state index contributed by atoms with van der Waals surface area (Å²) in [6.07, 6.45) is 19.3. The van der Waals surface area contributed by atoms with E-state index >= 15 is 0 Å². The summed E-state index contributed by atoms with van der Waals surface area (Å²) < 4.78 is 15.3. The van der Waals surface area contributed by atoms with Crippen molar-refractivity contribution in [3.63, 3.8) is 0 Å². The number of hydrogen-bond donors (Lipinski definition) is 5. The van der Waals surface area contributed by atoms with Gasteiger partial charge in [0.15, 0.2) is 28.7 Å². The third-order valence-electron chi connectivity index (χ3n) is 24.0. The van der Waals surface area contributed by atoms with Crippen molar-refractivity contribution >= 4 is 0 Å². The highest BCUT2D eigenvalue weighted by Gasteiger charge is 2.34. The van der Waals surface area contributed by atoms with Gasteiger partial charge in [0, 0.05) is 187 Å². The summed E-state index contributed by atoms with van der Waals surface area (Å²) in [6, 6.07) is 51.6. The van der Waals surface area contributed by atoms with E-state index in [2.05, 4.69) is 130 Å². The van der Waals surface area contributed by atoms with E-state index in [9.17, 15) is 49.5 Å². The first-order valence-electron chi connectivity index (χ1n) is 39.5. The molecule has 0 spiro atoms. The number of fused-ring (bicyclic) bond motifs is 8. The molecule has 112 heavy (non-hydrogen) atoms. The van der Waals surface area contributed by atoms with Crippen LogP contribution in [0, 0.1) is 18.3 Å². The molecule has 0 bridgehead atoms. The Morgan fingerprint density at radius 1 is 0.438 bits per heavy atom. The summed E-state index contributed by atoms with van der Waals surface area (Å²) in [5, 5.41) is 56.7. The van der Waals surface area contributed by atoms with Crippen LogP contribution in [-0.4, -0.2) is 113 Å². The highest BCUT2D eigenvalue weighted by atomic mass is 16.5. The normalized spacial score (nSPS) is 18.9. The monoisotopic (exact) mass is 1510 g/mol. The zero-order chi connectivity index (χ0) is 78.3. The van der Waals surface area contributed by atoms with Gasteiger partial charge in [0.1, 0.15) is 5.75 Å². The van der Waals surface area contributed by atoms with Gasteiger partial charge in [-0.05, 0) is 146 Å². The van der Waals surface area contributed by atoms with E-state index in [1.807, 2.05) is 59.2 Å². The fraction of sp³-hybridized carbons (Fsp3) is 0.378. The molecule has 0 saturated carbocycles. The highest BCUT2D eigenvalue weighted by molar-refractivity contribution is 5.42. The first-order valence-corrected chi connectivity index (χ1v) is 39.5. The number of ether oxygens (including phenoxy) is 1. The minimum absolute atomic E-state index is 0.153. The maximum Gasteiger partial charge on any atom is 0.223 e. The predicted octanol–water partition coefficient (Wildman–Crippen LogP) is 12.2. The largest absolute Gasteiger partial charge is 0.503 e. The Bertz CT molecular complexity index is 5410. The summed E-state index contributed by atoms with van der Waals surface area (Å²) in [6.45, 7) is 18.8. The quantitative estimate of drug-likeness (QED) is 0.0852. The minimum atomic E-state index is -0.334. The standard InChI is InChI=1S/C19H22N2O3.2C18H20N2O2.C18H22N2O2.C17H17N3O2/c1-24-15-6-5-13-3-2-4-17(16(13)10-15)21-8-7-20-12-19(23)18(22)9-14(20)11-21;1-12-3-2-4-15-14(12)5-6-16(15)20-8-7-19-11-18(22)17(21)9-13(19)10-20;21-17-10-14-11-20(9-8-19(14)12-18(17)22)16-7-3-5-13-4-1-2-6-15(13)16;1-2-6-16(14-7-4-3-5-8-14)20-10-9-19-13-18(22)17(21)11-15(19)12-20;1-12(14-4-2-13(9-18)3-5-14)19-6-7-20-11-17(22)16(21)8-15(20)10-19/h5-6,9-10,12,17,23H,2-4,7-8,11H2,1H3;2-4,9,11,16,22H,5-8,10H2,1H3;1-2,4,6,10,12,16,22H,3,5,7-9,11H2;3-5,7-8,11,13,16,22H,2,6,9-10,12H2,1H3;2-5,8,11-12,22H,6-7,10H2,1H3. The van der Waals surface area contributed by atoms with E-state index in [1.54, 1.807) is 56.2 Å². The van der Waals surface area contributed by atoms with E-state index in [0.717, 1.165) is 170 Å². The second-order valence-corrected chi connectivity index (χ2v) is 30.8. The Morgan fingerprint density at radius 2 is 0.866 bits per heavy atom. The predicted molar refractivity (Wildman–Crippen MR) is 431 cm³/mol. The summed E-state index contributed by atoms with van der Waals surface area (Å²) in [5.41, 5.74) is 16.5. The molecule has 22 heteroatoms. The van der Waals surface area contributed by atoms with Gasteiger partial charge in [-0.25, -0.2) is 0 Å². The molecule has 5 aromatic carbocycles. The van der Waals surface area contributed by atoms with Gasteiger partial charge in [-0.2, -0.15) is 5.26 Å². The fourth-order valence-electron chi connectivity index (χ4n) is 17.9. The lowest BCUT2D eigenvalue weighted by Gasteiger charge is -2.39. The Kier molecular flexibility index (Phi) is 24.1. The van der Waals surface area contributed by atoms with Crippen molar-refractivity contribution in [3.05, 3.63) is 312 Å². The molecule has 22 nitrogen and oxygen atoms in total. The molecule has 18 rings (SSSR count). The van der Waals surface area contributed by atoms with Gasteiger partial charge in [-0.1, -0.05) is 104 Å². The van der Waals surface area contributed by atoms with Crippen LogP contribution >= 0.6 is 0 Å². The zero-order valence-corrected chi connectivity index (χ0v) is 64.4. The molecule has 5 aromatic heterocycles. The fourth-order valence-corrected chi connectivity index (χ4v) is 17.9. The van der Waals surface area contributed by atoms with E-state index in [4.69, 9.17) is 10.00 Å². The Labute approximate surface area is 652 Å². The van der Waals surface area contributed by atoms with Crippen LogP contribution in [0.25, 0.3) is 0 Å². The number of aromatic hydroxyl groups is 5. The van der Waals surface area contributed by atoms with Crippen LogP contribution in [0.5, 0.6) is 34.5 Å². The smallest absolute Gasteiger partial charge is 0.223 e. The van der Waals surface area contributed by atoms with Gasteiger partial charge < -0.3 is 53.1 Å². The van der Waals surface area contributed by atoms with Crippen LogP contribution in [0.2, 0.25) is 0 Å². The Morgan fingerprint density at radius 3 is 1.36 bits per heavy atom. The number of rotatable bonds is 10. The number of benzene rings is 5. The molecule has 5 N–H and O–H groups in total. The molecule has 8 aliphatic rings. The molecular weight excluding hydrogens is 1410 g/mol. The third kappa shape index (κ3) is 17.3. The highest BCUT2D eigenvalue weighted by Crippen LogP contribution is 2.42. The van der Waals surface area contributed by atoms with Crippen LogP contribution in [-0.2, 0) is 84.7 Å². The molecule has 10 aromatic rings. The maximum absolute atomic E-state index is 11.8. The average molecular weight is 1510 g/mol. The SMILES string of the molecule is CC(c1ccc(C#N)cc1)N1CCn2cc(O)c(=O)cc2C1.CCCC(c1ccccc1)N1CCn2cc(O)c(=O)cc2C1.COc1ccc2c(c1)C(N1CCn3cc(O)c(=O)cc3C1)CCC2.Cc1cccc2c1CCC2N1CCn2cc(O)c(=O)cc2C1.O=c1cc2n(cc1O)CCN(C1CCCc3ccccc31)C2. The molecule has 0 radical (unpaired) electrons. The van der Waals surface area contributed by atoms with E-state index < -0.39 is 0 Å². The molecule has 5 atom stereocenters. The van der Waals surface area contributed by atoms with E-state index in [0.29, 0.717) is 36.3 Å². The van der Waals surface area contributed by atoms with Crippen LogP contribution in [0.1, 0.15) is 173 Å². The van der Waals surface area contributed by atoms with Crippen LogP contribution in [0.3, 0.4) is 0 Å². The average Bonchev–Trinajstić information content (AvgIpc) is 1.32. The molecule has 3 aliphatic carbocycles. The molecule has 5 aliphatic heterocycles. The van der Waals surface area contributed by atoms with Crippen LogP contribution in [0.4, 0.5) is 0 Å². The first-order chi connectivity index (χ1) is 54.3. The van der Waals surface area contributed by atoms with Gasteiger partial charge in [0.25, 0.3) is 0 Å². The van der Waals surface area contributed by atoms with Gasteiger partial charge in [-0.15, -0.1) is 0 Å². The topological polar surface area (TPSA) is 260 Å². The van der Waals surface area contributed by atoms with E-state index in [1.165, 1.54) is 82.5 Å². The number of nitriles is 1. The lowest BCUT2D eigenvalue weighted by atomic mass is 9.86. The molecule has 5 unspecified atom stereocenters. The molecule has 0 saturated heterocycles. The van der Waals surface area contributed by atoms with Gasteiger partial charge in [-0.3, -0.25) is 48.5 Å². The first kappa shape index (κ1) is 77.7. The van der Waals surface area contributed by atoms with Gasteiger partial charge >= 0.3 is 0 Å². The zero-order valence-electron chi connectivity index (χ0n) is 64.4. The van der Waals surface area contributed by atoms with Crippen molar-refractivity contribution in [2.24, 2.45) is 0 Å². The van der Waals surface area contributed by atoms with Crippen molar-refractivity contribution in [2.75, 3.05) is 39.8 Å². The summed E-state index contributed by atoms with van der Waals surface area (Å²) >= 11 is 0. The molecule has 582 valence electrons. The lowest BCUT2D eigenvalue weighted by molar-refractivity contribution is 0.139. The number of aromatic nitrogens is 5. The van der Waals surface area contributed by atoms with Crippen LogP contribution < -0.4 is 31.9 Å². The van der Waals surface area contributed by atoms with Gasteiger partial charge in [0.2, 0.25) is 27.1 Å². The summed E-state index contributed by atoms with van der Waals surface area (Å²) in [5.74, 6) is 0.0705. The second kappa shape index (κ2) is 34.7. The molecule has 0 amide bonds. The number of aryl methyl sites for hydroxylation is 3. The molecule has 0 fully saturated rings. The van der Waals surface area contributed by atoms with Crippen molar-refractivity contribution < 1.29 is 30.3 Å². The number of hydrogen-bond acceptors (Lipinski definition) is 17. The second-order valence-electron chi connectivity index (χ2n) is 30.8. The summed E-state index contributed by atoms with van der Waals surface area (Å²) in [7, 11) is 1.70. The van der Waals surface area contributed by atoms with Crippen LogP contribution in [0.15, 0.2) is 201 Å². The Hall–Kier alpha value is -11.1. The third-order valence-corrected chi connectivity index (χ3v) is 24.0. The maximum atomic E-state index is 11.8. The Balaban J connectivity index is 0.000000116. The number of methoxy groups -OCH3 is 1. The van der Waals surface area contributed by atoms with Crippen molar-refractivity contribution in [1.82, 2.24) is 47.3 Å². The number of nitrogens with zero attached hydrogens (tertiary/aromatic N) is 11. The molecular formula is C90H101N11O11. The van der Waals surface area contributed by atoms with Gasteiger partial charge in [0.05, 0.1) is 49.7 Å². The number of pyridine rings is 5. The van der Waals surface area contributed by atoms with Crippen molar-refractivity contribution in [2.45, 2.75) is 181 Å². The van der Waals surface area contributed by atoms with Crippen molar-refractivity contribution in [3.8, 4) is 40.6 Å². The lowest BCUT2D eigenvalue weighted by Crippen LogP contribution is -2.38. The molecule has 10 heterocycles.